The molecule has 11 nitrogen and oxygen atoms in total. The summed E-state index contributed by atoms with van der Waals surface area (Å²) in [5.74, 6) is -3.82. The molecule has 0 saturated carbocycles. The van der Waals surface area contributed by atoms with Gasteiger partial charge in [-0.05, 0) is 39.2 Å². The quantitative estimate of drug-likeness (QED) is 0.0814. The third-order valence-corrected chi connectivity index (χ3v) is 10.3. The molecule has 2 aliphatic heterocycles. The number of benzene rings is 1. The lowest BCUT2D eigenvalue weighted by atomic mass is 10.0. The van der Waals surface area contributed by atoms with E-state index >= 15 is 0 Å². The van der Waals surface area contributed by atoms with E-state index in [9.17, 15) is 28.0 Å². The molecule has 1 aromatic heterocycles. The number of nitrogens with zero attached hydrogens (tertiary/aromatic N) is 3. The Morgan fingerprint density at radius 1 is 0.981 bits per heavy atom. The van der Waals surface area contributed by atoms with Crippen LogP contribution in [0.25, 0.3) is 0 Å². The molecule has 3 heterocycles. The van der Waals surface area contributed by atoms with E-state index in [0.717, 1.165) is 31.0 Å². The number of unbranched alkanes of at least 4 members (excludes halogenated alkanes) is 12. The van der Waals surface area contributed by atoms with Crippen LogP contribution in [0, 0.1) is 11.6 Å². The van der Waals surface area contributed by atoms with E-state index in [0.29, 0.717) is 44.9 Å². The number of carbonyl (C=O) groups is 3. The zero-order chi connectivity index (χ0) is 38.9. The summed E-state index contributed by atoms with van der Waals surface area (Å²) in [6, 6.07) is 2.34. The van der Waals surface area contributed by atoms with Gasteiger partial charge in [-0.15, -0.1) is 0 Å². The number of fused-ring (bicyclic) bond motifs is 4. The van der Waals surface area contributed by atoms with E-state index in [-0.39, 0.29) is 43.3 Å². The van der Waals surface area contributed by atoms with Crippen LogP contribution in [0.5, 0.6) is 5.75 Å². The van der Waals surface area contributed by atoms with E-state index in [1.165, 1.54) is 70.1 Å². The van der Waals surface area contributed by atoms with Gasteiger partial charge < -0.3 is 29.1 Å². The van der Waals surface area contributed by atoms with Crippen LogP contribution in [0.3, 0.4) is 0 Å². The summed E-state index contributed by atoms with van der Waals surface area (Å²) < 4.78 is 40.5. The number of halogens is 2. The second-order valence-corrected chi connectivity index (χ2v) is 14.6. The number of hydrogen-bond donors (Lipinski definition) is 1. The monoisotopic (exact) mass is 758 g/mol. The van der Waals surface area contributed by atoms with E-state index < -0.39 is 47.4 Å². The number of amides is 2. The van der Waals surface area contributed by atoms with Gasteiger partial charge in [-0.3, -0.25) is 19.2 Å². The van der Waals surface area contributed by atoms with Crippen LogP contribution < -0.4 is 15.5 Å². The average molecular weight is 759 g/mol. The molecule has 0 spiro atoms. The van der Waals surface area contributed by atoms with Gasteiger partial charge in [0.05, 0.1) is 11.8 Å². The minimum absolute atomic E-state index is 0. The average Bonchev–Trinajstić information content (AvgIpc) is 3.17. The molecule has 4 rings (SSSR count). The van der Waals surface area contributed by atoms with Gasteiger partial charge >= 0.3 is 5.97 Å². The lowest BCUT2D eigenvalue weighted by molar-refractivity contribution is -0.150. The molecule has 0 fully saturated rings. The first kappa shape index (κ1) is 42.5. The summed E-state index contributed by atoms with van der Waals surface area (Å²) in [6.07, 6.45) is 18.4. The molecule has 2 bridgehead atoms. The molecule has 1 N–H and O–H groups in total. The number of carbonyl (C=O) groups excluding carboxylic acids is 3. The van der Waals surface area contributed by atoms with Crippen LogP contribution in [-0.4, -0.2) is 58.9 Å². The van der Waals surface area contributed by atoms with Gasteiger partial charge in [0.1, 0.15) is 23.8 Å². The minimum Gasteiger partial charge on any atom is -0.451 e. The maximum Gasteiger partial charge on any atom is 0.308 e. The lowest BCUT2D eigenvalue weighted by Crippen LogP contribution is -2.49. The molecule has 2 amide bonds. The fraction of sp³-hybridized carbons (Fsp3) is 0.634. The first-order valence-electron chi connectivity index (χ1n) is 19.9. The van der Waals surface area contributed by atoms with Crippen LogP contribution in [0.15, 0.2) is 34.3 Å². The Hall–Kier alpha value is -4.29. The summed E-state index contributed by atoms with van der Waals surface area (Å²) in [7, 11) is 0. The van der Waals surface area contributed by atoms with Crippen molar-refractivity contribution in [1.29, 1.82) is 0 Å². The molecule has 1 aromatic carbocycles. The predicted molar refractivity (Wildman–Crippen MR) is 205 cm³/mol. The summed E-state index contributed by atoms with van der Waals surface area (Å²) >= 11 is 0. The third kappa shape index (κ3) is 12.7. The molecule has 300 valence electrons. The maximum atomic E-state index is 14.3. The lowest BCUT2D eigenvalue weighted by Gasteiger charge is -2.39. The highest BCUT2D eigenvalue weighted by Gasteiger charge is 2.38. The van der Waals surface area contributed by atoms with Gasteiger partial charge in [0, 0.05) is 51.2 Å². The fourth-order valence-electron chi connectivity index (χ4n) is 6.95. The van der Waals surface area contributed by atoms with Crippen molar-refractivity contribution >= 4 is 23.5 Å². The topological polar surface area (TPSA) is 129 Å². The first-order chi connectivity index (χ1) is 26.1. The summed E-state index contributed by atoms with van der Waals surface area (Å²) in [4.78, 5) is 61.2. The van der Waals surface area contributed by atoms with Crippen LogP contribution >= 0.6 is 0 Å². The molecule has 0 unspecified atom stereocenters. The van der Waals surface area contributed by atoms with Crippen molar-refractivity contribution in [3.63, 3.8) is 0 Å². The largest absolute Gasteiger partial charge is 0.451 e. The zero-order valence-electron chi connectivity index (χ0n) is 32.3. The Balaban J connectivity index is 0.00000812. The Kier molecular flexibility index (Phi) is 17.4. The van der Waals surface area contributed by atoms with E-state index in [4.69, 9.17) is 14.3 Å². The normalized spacial score (nSPS) is 18.1. The Morgan fingerprint density at radius 2 is 1.65 bits per heavy atom. The molecular weight excluding hydrogens is 698 g/mol. The smallest absolute Gasteiger partial charge is 0.308 e. The van der Waals surface area contributed by atoms with Gasteiger partial charge in [0.25, 0.3) is 11.8 Å². The van der Waals surface area contributed by atoms with Crippen molar-refractivity contribution in [1.82, 2.24) is 14.8 Å². The minimum atomic E-state index is -0.877. The molecule has 2 aliphatic rings. The Labute approximate surface area is 319 Å². The van der Waals surface area contributed by atoms with Crippen LogP contribution in [0.2, 0.25) is 0 Å². The molecule has 54 heavy (non-hydrogen) atoms. The van der Waals surface area contributed by atoms with Crippen molar-refractivity contribution in [2.75, 3.05) is 19.9 Å². The summed E-state index contributed by atoms with van der Waals surface area (Å²) in [6.45, 7) is 5.62. The van der Waals surface area contributed by atoms with Gasteiger partial charge in [-0.1, -0.05) is 95.2 Å². The van der Waals surface area contributed by atoms with Crippen molar-refractivity contribution in [2.45, 2.75) is 149 Å². The van der Waals surface area contributed by atoms with Crippen LogP contribution in [0.4, 0.5) is 8.78 Å². The fourth-order valence-corrected chi connectivity index (χ4v) is 6.95. The Morgan fingerprint density at radius 3 is 2.31 bits per heavy atom. The zero-order valence-corrected chi connectivity index (χ0v) is 32.3. The van der Waals surface area contributed by atoms with Crippen LogP contribution in [0.1, 0.15) is 164 Å². The maximum absolute atomic E-state index is 14.3. The number of aromatic nitrogens is 1. The molecular formula is C41H60F2N4O7. The van der Waals surface area contributed by atoms with E-state index in [1.54, 1.807) is 9.47 Å². The molecule has 13 heteroatoms. The van der Waals surface area contributed by atoms with E-state index in [1.807, 2.05) is 13.8 Å². The highest BCUT2D eigenvalue weighted by atomic mass is 19.1. The molecule has 0 aliphatic carbocycles. The number of rotatable bonds is 20. The van der Waals surface area contributed by atoms with Crippen molar-refractivity contribution in [2.24, 2.45) is 5.16 Å². The number of nitrogens with one attached hydrogen (secondary N) is 1. The second kappa shape index (κ2) is 22.2. The summed E-state index contributed by atoms with van der Waals surface area (Å²) in [5, 5.41) is 6.70. The molecule has 0 radical (unpaired) electrons. The number of oxime groups is 1. The first-order valence-corrected chi connectivity index (χ1v) is 19.9. The SMILES string of the molecule is CCCCCCCCCCCCCCCC(=O)OCOc1c2n(cc(C(=O)NCc3ccc(F)cc3F)c1=O)[C@H]1CC/C(C)=N\OCC[C@H](C)N(C1)C2=O.[HH]. The second-order valence-electron chi connectivity index (χ2n) is 14.6. The highest BCUT2D eigenvalue weighted by molar-refractivity contribution is 5.99. The third-order valence-electron chi connectivity index (χ3n) is 10.3. The standard InChI is InChI=1S/C41H58F2N4O7.H2/c1-4-5-6-7-8-9-10-11-12-13-14-15-16-17-36(48)52-28-53-39-37-41(51)46-26-33(21-18-29(2)45-54-23-22-30(46)3)47(37)27-34(38(39)49)40(50)44-25-31-19-20-32(42)24-35(31)43;/h19-20,24,27,30,33H,4-18,21-23,25-26,28H2,1-3H3,(H,44,50);1H/b45-29-;/t30-,33-;/m0./s1. The molecule has 0 saturated heterocycles. The number of ether oxygens (including phenoxy) is 2. The highest BCUT2D eigenvalue weighted by Crippen LogP contribution is 2.32. The van der Waals surface area contributed by atoms with Gasteiger partial charge in [0.2, 0.25) is 18.0 Å². The number of pyridine rings is 1. The van der Waals surface area contributed by atoms with Crippen molar-refractivity contribution in [3.8, 4) is 5.75 Å². The summed E-state index contributed by atoms with van der Waals surface area (Å²) in [5.41, 5.74) is -0.493. The van der Waals surface area contributed by atoms with Crippen molar-refractivity contribution < 1.29 is 38.9 Å². The number of esters is 1. The molecule has 2 atom stereocenters. The number of hydrogen-bond acceptors (Lipinski definition) is 8. The predicted octanol–water partition coefficient (Wildman–Crippen LogP) is 8.63. The van der Waals surface area contributed by atoms with Crippen molar-refractivity contribution in [3.05, 3.63) is 63.1 Å². The van der Waals surface area contributed by atoms with Crippen LogP contribution in [-0.2, 0) is 20.9 Å². The molecule has 2 aromatic rings. The van der Waals surface area contributed by atoms with Gasteiger partial charge in [-0.25, -0.2) is 8.78 Å². The van der Waals surface area contributed by atoms with E-state index in [2.05, 4.69) is 17.4 Å². The van der Waals surface area contributed by atoms with Gasteiger partial charge in [0.15, 0.2) is 5.69 Å². The van der Waals surface area contributed by atoms with Gasteiger partial charge in [-0.2, -0.15) is 0 Å². The Bertz CT molecular complexity index is 1650.